The molecular weight excluding hydrogens is 204 g/mol. The lowest BCUT2D eigenvalue weighted by atomic mass is 10.1. The summed E-state index contributed by atoms with van der Waals surface area (Å²) in [5.74, 6) is -2.19. The van der Waals surface area contributed by atoms with Crippen molar-refractivity contribution in [1.82, 2.24) is 5.32 Å². The molecule has 1 aromatic rings. The van der Waals surface area contributed by atoms with Crippen LogP contribution in [0.15, 0.2) is 12.1 Å². The molecule has 1 saturated heterocycles. The van der Waals surface area contributed by atoms with Crippen LogP contribution >= 0.6 is 0 Å². The Labute approximate surface area is 85.7 Å². The van der Waals surface area contributed by atoms with Crippen LogP contribution in [0.5, 0.6) is 5.75 Å². The Hall–Kier alpha value is -1.20. The quantitative estimate of drug-likeness (QED) is 0.742. The summed E-state index contributed by atoms with van der Waals surface area (Å²) < 4.78 is 32.0. The van der Waals surface area contributed by atoms with E-state index in [-0.39, 0.29) is 5.56 Å². The summed E-state index contributed by atoms with van der Waals surface area (Å²) in [6.07, 6.45) is -0.675. The third kappa shape index (κ3) is 1.93. The van der Waals surface area contributed by atoms with Gasteiger partial charge < -0.3 is 15.2 Å². The zero-order valence-electron chi connectivity index (χ0n) is 7.96. The van der Waals surface area contributed by atoms with Crippen molar-refractivity contribution in [3.8, 4) is 5.75 Å². The van der Waals surface area contributed by atoms with Gasteiger partial charge >= 0.3 is 0 Å². The van der Waals surface area contributed by atoms with Crippen LogP contribution in [0.2, 0.25) is 0 Å². The van der Waals surface area contributed by atoms with Gasteiger partial charge in [-0.05, 0) is 12.1 Å². The maximum absolute atomic E-state index is 13.4. The molecule has 1 fully saturated rings. The van der Waals surface area contributed by atoms with Gasteiger partial charge in [0.25, 0.3) is 0 Å². The molecule has 0 saturated carbocycles. The average Bonchev–Trinajstić information content (AvgIpc) is 2.26. The third-order valence-electron chi connectivity index (χ3n) is 2.36. The molecule has 1 heterocycles. The third-order valence-corrected chi connectivity index (χ3v) is 2.36. The average molecular weight is 215 g/mol. The maximum Gasteiger partial charge on any atom is 0.173 e. The summed E-state index contributed by atoms with van der Waals surface area (Å²) in [6.45, 7) is 1.41. The van der Waals surface area contributed by atoms with Crippen LogP contribution in [0.25, 0.3) is 0 Å². The first-order chi connectivity index (χ1) is 7.20. The number of phenols is 1. The number of ether oxygens (including phenoxy) is 1. The molecule has 15 heavy (non-hydrogen) atoms. The second-order valence-corrected chi connectivity index (χ2v) is 3.36. The van der Waals surface area contributed by atoms with Crippen molar-refractivity contribution in [2.24, 2.45) is 0 Å². The summed E-state index contributed by atoms with van der Waals surface area (Å²) >= 11 is 0. The summed E-state index contributed by atoms with van der Waals surface area (Å²) in [5.41, 5.74) is -0.206. The van der Waals surface area contributed by atoms with Crippen molar-refractivity contribution in [2.75, 3.05) is 19.7 Å². The van der Waals surface area contributed by atoms with E-state index >= 15 is 0 Å². The molecule has 2 N–H and O–H groups in total. The van der Waals surface area contributed by atoms with E-state index < -0.39 is 23.5 Å². The molecule has 5 heteroatoms. The van der Waals surface area contributed by atoms with E-state index in [0.717, 1.165) is 12.1 Å². The maximum atomic E-state index is 13.4. The molecule has 1 atom stereocenters. The second-order valence-electron chi connectivity index (χ2n) is 3.36. The number of halogens is 2. The number of hydrogen-bond acceptors (Lipinski definition) is 3. The van der Waals surface area contributed by atoms with Gasteiger partial charge in [0.1, 0.15) is 11.9 Å². The minimum absolute atomic E-state index is 0.206. The summed E-state index contributed by atoms with van der Waals surface area (Å²) in [4.78, 5) is 0. The van der Waals surface area contributed by atoms with E-state index in [1.807, 2.05) is 0 Å². The van der Waals surface area contributed by atoms with Crippen LogP contribution in [-0.4, -0.2) is 24.8 Å². The van der Waals surface area contributed by atoms with Crippen LogP contribution in [0.3, 0.4) is 0 Å². The predicted octanol–water partition coefficient (Wildman–Crippen LogP) is 1.33. The minimum atomic E-state index is -0.941. The molecule has 82 valence electrons. The van der Waals surface area contributed by atoms with E-state index in [1.54, 1.807) is 0 Å². The van der Waals surface area contributed by atoms with E-state index in [9.17, 15) is 8.78 Å². The first kappa shape index (κ1) is 10.3. The van der Waals surface area contributed by atoms with E-state index in [4.69, 9.17) is 9.84 Å². The number of benzene rings is 1. The highest BCUT2D eigenvalue weighted by Crippen LogP contribution is 2.29. The van der Waals surface area contributed by atoms with E-state index in [1.165, 1.54) is 0 Å². The highest BCUT2D eigenvalue weighted by Gasteiger charge is 2.24. The van der Waals surface area contributed by atoms with Crippen LogP contribution in [0, 0.1) is 11.6 Å². The van der Waals surface area contributed by atoms with Gasteiger partial charge in [-0.15, -0.1) is 0 Å². The van der Waals surface area contributed by atoms with Crippen molar-refractivity contribution in [3.63, 3.8) is 0 Å². The van der Waals surface area contributed by atoms with Crippen LogP contribution in [0.4, 0.5) is 8.78 Å². The highest BCUT2D eigenvalue weighted by atomic mass is 19.1. The van der Waals surface area contributed by atoms with E-state index in [2.05, 4.69) is 5.32 Å². The first-order valence-electron chi connectivity index (χ1n) is 4.69. The van der Waals surface area contributed by atoms with E-state index in [0.29, 0.717) is 19.7 Å². The smallest absolute Gasteiger partial charge is 0.173 e. The van der Waals surface area contributed by atoms with Gasteiger partial charge in [-0.1, -0.05) is 0 Å². The van der Waals surface area contributed by atoms with Gasteiger partial charge in [0.05, 0.1) is 12.2 Å². The van der Waals surface area contributed by atoms with Gasteiger partial charge in [0.2, 0.25) is 0 Å². The Morgan fingerprint density at radius 1 is 1.40 bits per heavy atom. The first-order valence-corrected chi connectivity index (χ1v) is 4.69. The molecule has 0 radical (unpaired) electrons. The lowest BCUT2D eigenvalue weighted by Crippen LogP contribution is -2.34. The molecule has 1 aliphatic rings. The topological polar surface area (TPSA) is 41.5 Å². The molecule has 1 aliphatic heterocycles. The van der Waals surface area contributed by atoms with Crippen molar-refractivity contribution in [1.29, 1.82) is 0 Å². The van der Waals surface area contributed by atoms with Crippen molar-refractivity contribution < 1.29 is 18.6 Å². The zero-order valence-corrected chi connectivity index (χ0v) is 7.96. The lowest BCUT2D eigenvalue weighted by molar-refractivity contribution is 0.0229. The molecule has 1 aromatic carbocycles. The minimum Gasteiger partial charge on any atom is -0.505 e. The molecule has 0 spiro atoms. The van der Waals surface area contributed by atoms with Crippen LogP contribution in [-0.2, 0) is 4.74 Å². The lowest BCUT2D eigenvalue weighted by Gasteiger charge is -2.24. The molecule has 0 bridgehead atoms. The number of hydrogen-bond donors (Lipinski definition) is 2. The van der Waals surface area contributed by atoms with Gasteiger partial charge in [-0.3, -0.25) is 0 Å². The number of aromatic hydroxyl groups is 1. The highest BCUT2D eigenvalue weighted by molar-refractivity contribution is 5.33. The second kappa shape index (κ2) is 4.12. The SMILES string of the molecule is Oc1ccc(F)c(C2CNCCO2)c1F. The number of rotatable bonds is 1. The monoisotopic (exact) mass is 215 g/mol. The Balaban J connectivity index is 2.36. The standard InChI is InChI=1S/C10H11F2NO2/c11-6-1-2-7(14)10(12)9(6)8-5-13-3-4-15-8/h1-2,8,13-14H,3-5H2. The fraction of sp³-hybridized carbons (Fsp3) is 0.400. The van der Waals surface area contributed by atoms with Gasteiger partial charge in [0, 0.05) is 13.1 Å². The number of morpholine rings is 1. The summed E-state index contributed by atoms with van der Waals surface area (Å²) in [6, 6.07) is 2.02. The van der Waals surface area contributed by atoms with Crippen LogP contribution in [0.1, 0.15) is 11.7 Å². The largest absolute Gasteiger partial charge is 0.505 e. The Morgan fingerprint density at radius 2 is 2.20 bits per heavy atom. The van der Waals surface area contributed by atoms with Crippen LogP contribution < -0.4 is 5.32 Å². The molecule has 0 aromatic heterocycles. The molecule has 1 unspecified atom stereocenters. The fourth-order valence-electron chi connectivity index (χ4n) is 1.60. The molecule has 3 nitrogen and oxygen atoms in total. The predicted molar refractivity (Wildman–Crippen MR) is 49.6 cm³/mol. The summed E-state index contributed by atoms with van der Waals surface area (Å²) in [7, 11) is 0. The molecule has 2 rings (SSSR count). The molecule has 0 amide bonds. The fourth-order valence-corrected chi connectivity index (χ4v) is 1.60. The zero-order chi connectivity index (χ0) is 10.8. The van der Waals surface area contributed by atoms with Gasteiger partial charge in [-0.25, -0.2) is 8.78 Å². The number of nitrogens with one attached hydrogen (secondary N) is 1. The van der Waals surface area contributed by atoms with Gasteiger partial charge in [0.15, 0.2) is 11.6 Å². The number of phenolic OH excluding ortho intramolecular Hbond substituents is 1. The molecule has 0 aliphatic carbocycles. The normalized spacial score (nSPS) is 21.6. The Morgan fingerprint density at radius 3 is 2.87 bits per heavy atom. The van der Waals surface area contributed by atoms with Crippen molar-refractivity contribution >= 4 is 0 Å². The van der Waals surface area contributed by atoms with Crippen molar-refractivity contribution in [2.45, 2.75) is 6.10 Å². The Bertz CT molecular complexity index is 365. The molecular formula is C10H11F2NO2. The summed E-state index contributed by atoms with van der Waals surface area (Å²) in [5, 5.41) is 12.1. The van der Waals surface area contributed by atoms with Crippen molar-refractivity contribution in [3.05, 3.63) is 29.3 Å². The van der Waals surface area contributed by atoms with Gasteiger partial charge in [-0.2, -0.15) is 0 Å². The Kier molecular flexibility index (Phi) is 2.83.